The minimum absolute atomic E-state index is 0.615. The number of aromatic nitrogens is 1. The summed E-state index contributed by atoms with van der Waals surface area (Å²) in [5, 5.41) is 10.1. The van der Waals surface area contributed by atoms with Gasteiger partial charge in [-0.1, -0.05) is 18.2 Å². The van der Waals surface area contributed by atoms with Crippen LogP contribution in [0.25, 0.3) is 16.6 Å². The summed E-state index contributed by atoms with van der Waals surface area (Å²) in [6.45, 7) is 0. The second-order valence-electron chi connectivity index (χ2n) is 6.56. The molecule has 0 bridgehead atoms. The second kappa shape index (κ2) is 6.89. The molecule has 4 nitrogen and oxygen atoms in total. The van der Waals surface area contributed by atoms with Gasteiger partial charge in [0.15, 0.2) is 0 Å². The van der Waals surface area contributed by atoms with Crippen LogP contribution in [0.15, 0.2) is 79.0 Å². The monoisotopic (exact) mass is 353 g/mol. The molecule has 0 N–H and O–H groups in total. The van der Waals surface area contributed by atoms with Crippen molar-refractivity contribution in [1.29, 1.82) is 5.26 Å². The molecule has 0 atom stereocenters. The first-order chi connectivity index (χ1) is 13.1. The van der Waals surface area contributed by atoms with Crippen LogP contribution in [-0.2, 0) is 0 Å². The van der Waals surface area contributed by atoms with E-state index in [4.69, 9.17) is 10.00 Å². The van der Waals surface area contributed by atoms with E-state index in [-0.39, 0.29) is 0 Å². The van der Waals surface area contributed by atoms with Gasteiger partial charge in [0.2, 0.25) is 0 Å². The lowest BCUT2D eigenvalue weighted by atomic mass is 10.2. The van der Waals surface area contributed by atoms with E-state index in [0.29, 0.717) is 11.3 Å². The van der Waals surface area contributed by atoms with Gasteiger partial charge in [0, 0.05) is 38.1 Å². The molecule has 0 radical (unpaired) electrons. The first kappa shape index (κ1) is 16.7. The molecule has 132 valence electrons. The van der Waals surface area contributed by atoms with Crippen molar-refractivity contribution in [3.63, 3.8) is 0 Å². The summed E-state index contributed by atoms with van der Waals surface area (Å²) in [6, 6.07) is 25.8. The largest absolute Gasteiger partial charge is 0.457 e. The molecule has 0 aliphatic carbocycles. The van der Waals surface area contributed by atoms with Gasteiger partial charge in [-0.25, -0.2) is 0 Å². The number of nitrogens with zero attached hydrogens (tertiary/aromatic N) is 3. The molecule has 1 heterocycles. The first-order valence-electron chi connectivity index (χ1n) is 8.71. The molecule has 0 spiro atoms. The van der Waals surface area contributed by atoms with Crippen molar-refractivity contribution >= 4 is 16.6 Å². The first-order valence-corrected chi connectivity index (χ1v) is 8.71. The maximum absolute atomic E-state index is 8.95. The van der Waals surface area contributed by atoms with Gasteiger partial charge in [-0.3, -0.25) is 0 Å². The quantitative estimate of drug-likeness (QED) is 0.496. The van der Waals surface area contributed by atoms with Crippen LogP contribution in [0.2, 0.25) is 0 Å². The fraction of sp³-hybridized carbons (Fsp3) is 0.0870. The minimum Gasteiger partial charge on any atom is -0.457 e. The van der Waals surface area contributed by atoms with Gasteiger partial charge in [-0.05, 0) is 47.9 Å². The van der Waals surface area contributed by atoms with E-state index < -0.39 is 0 Å². The van der Waals surface area contributed by atoms with Crippen LogP contribution in [0.3, 0.4) is 0 Å². The van der Waals surface area contributed by atoms with Crippen LogP contribution in [0.4, 0.5) is 5.69 Å². The summed E-state index contributed by atoms with van der Waals surface area (Å²) in [5.74, 6) is 1.45. The summed E-state index contributed by atoms with van der Waals surface area (Å²) >= 11 is 0. The fourth-order valence-electron chi connectivity index (χ4n) is 3.07. The number of hydrogen-bond donors (Lipinski definition) is 0. The zero-order chi connectivity index (χ0) is 18.8. The Morgan fingerprint density at radius 1 is 0.889 bits per heavy atom. The van der Waals surface area contributed by atoms with Crippen molar-refractivity contribution in [3.8, 4) is 23.3 Å². The van der Waals surface area contributed by atoms with Crippen LogP contribution < -0.4 is 9.64 Å². The van der Waals surface area contributed by atoms with Gasteiger partial charge in [-0.15, -0.1) is 0 Å². The maximum atomic E-state index is 8.95. The van der Waals surface area contributed by atoms with Gasteiger partial charge < -0.3 is 14.2 Å². The molecule has 0 aliphatic rings. The average Bonchev–Trinajstić information content (AvgIpc) is 3.12. The Labute approximate surface area is 158 Å². The van der Waals surface area contributed by atoms with Crippen LogP contribution in [0.5, 0.6) is 11.5 Å². The molecule has 4 rings (SSSR count). The van der Waals surface area contributed by atoms with E-state index in [1.54, 1.807) is 12.1 Å². The lowest BCUT2D eigenvalue weighted by Crippen LogP contribution is -2.09. The smallest absolute Gasteiger partial charge is 0.131 e. The maximum Gasteiger partial charge on any atom is 0.131 e. The van der Waals surface area contributed by atoms with Crippen molar-refractivity contribution in [2.24, 2.45) is 0 Å². The molecular formula is C23H19N3O. The van der Waals surface area contributed by atoms with E-state index in [1.165, 1.54) is 5.39 Å². The highest BCUT2D eigenvalue weighted by atomic mass is 16.5. The summed E-state index contributed by atoms with van der Waals surface area (Å²) in [6.07, 6.45) is 2.07. The number of ether oxygens (including phenoxy) is 1. The van der Waals surface area contributed by atoms with E-state index in [2.05, 4.69) is 46.0 Å². The number of nitriles is 1. The highest BCUT2D eigenvalue weighted by Crippen LogP contribution is 2.31. The standard InChI is InChI=1S/C23H19N3O/c1-25(2)19-13-20(26-12-11-18-5-3-4-6-23(18)26)15-22(14-19)27-21-9-7-17(16-24)8-10-21/h3-15H,1-2H3. The summed E-state index contributed by atoms with van der Waals surface area (Å²) in [7, 11) is 4.02. The van der Waals surface area contributed by atoms with E-state index in [9.17, 15) is 0 Å². The highest BCUT2D eigenvalue weighted by Gasteiger charge is 2.09. The Kier molecular flexibility index (Phi) is 4.27. The van der Waals surface area contributed by atoms with Gasteiger partial charge in [0.25, 0.3) is 0 Å². The SMILES string of the molecule is CN(C)c1cc(Oc2ccc(C#N)cc2)cc(-n2ccc3ccccc32)c1. The van der Waals surface area contributed by atoms with Gasteiger partial charge in [0.05, 0.1) is 22.8 Å². The zero-order valence-corrected chi connectivity index (χ0v) is 15.3. The minimum atomic E-state index is 0.615. The molecule has 0 aliphatic heterocycles. The van der Waals surface area contributed by atoms with Crippen molar-refractivity contribution in [2.45, 2.75) is 0 Å². The molecule has 3 aromatic carbocycles. The molecule has 4 heteroatoms. The van der Waals surface area contributed by atoms with Crippen molar-refractivity contribution in [3.05, 3.63) is 84.6 Å². The third-order valence-corrected chi connectivity index (χ3v) is 4.49. The Hall–Kier alpha value is -3.71. The Bertz CT molecular complexity index is 1130. The molecule has 0 unspecified atom stereocenters. The molecule has 4 aromatic rings. The van der Waals surface area contributed by atoms with Crippen molar-refractivity contribution in [1.82, 2.24) is 4.57 Å². The lowest BCUT2D eigenvalue weighted by Gasteiger charge is -2.17. The van der Waals surface area contributed by atoms with Crippen LogP contribution in [-0.4, -0.2) is 18.7 Å². The van der Waals surface area contributed by atoms with Crippen LogP contribution >= 0.6 is 0 Å². The molecule has 1 aromatic heterocycles. The summed E-state index contributed by atoms with van der Waals surface area (Å²) in [4.78, 5) is 2.06. The molecule has 27 heavy (non-hydrogen) atoms. The predicted octanol–water partition coefficient (Wildman–Crippen LogP) is 5.36. The molecule has 0 saturated carbocycles. The number of hydrogen-bond acceptors (Lipinski definition) is 3. The van der Waals surface area contributed by atoms with Gasteiger partial charge in [-0.2, -0.15) is 5.26 Å². The Balaban J connectivity index is 1.77. The molecule has 0 saturated heterocycles. The highest BCUT2D eigenvalue weighted by molar-refractivity contribution is 5.82. The van der Waals surface area contributed by atoms with Crippen LogP contribution in [0, 0.1) is 11.3 Å². The predicted molar refractivity (Wildman–Crippen MR) is 109 cm³/mol. The number of fused-ring (bicyclic) bond motifs is 1. The Morgan fingerprint density at radius 3 is 2.41 bits per heavy atom. The van der Waals surface area contributed by atoms with E-state index in [1.807, 2.05) is 50.5 Å². The number of rotatable bonds is 4. The van der Waals surface area contributed by atoms with Crippen molar-refractivity contribution < 1.29 is 4.74 Å². The van der Waals surface area contributed by atoms with Gasteiger partial charge >= 0.3 is 0 Å². The number of benzene rings is 3. The number of para-hydroxylation sites is 1. The zero-order valence-electron chi connectivity index (χ0n) is 15.3. The molecule has 0 amide bonds. The van der Waals surface area contributed by atoms with E-state index >= 15 is 0 Å². The van der Waals surface area contributed by atoms with Crippen molar-refractivity contribution in [2.75, 3.05) is 19.0 Å². The topological polar surface area (TPSA) is 41.2 Å². The summed E-state index contributed by atoms with van der Waals surface area (Å²) < 4.78 is 8.23. The average molecular weight is 353 g/mol. The normalized spacial score (nSPS) is 10.6. The van der Waals surface area contributed by atoms with E-state index in [0.717, 1.165) is 22.6 Å². The fourth-order valence-corrected chi connectivity index (χ4v) is 3.07. The molecule has 0 fully saturated rings. The molecular weight excluding hydrogens is 334 g/mol. The number of anilines is 1. The van der Waals surface area contributed by atoms with Crippen LogP contribution in [0.1, 0.15) is 5.56 Å². The Morgan fingerprint density at radius 2 is 1.67 bits per heavy atom. The summed E-state index contributed by atoms with van der Waals surface area (Å²) in [5.41, 5.74) is 3.85. The van der Waals surface area contributed by atoms with Gasteiger partial charge in [0.1, 0.15) is 11.5 Å². The third kappa shape index (κ3) is 3.36. The second-order valence-corrected chi connectivity index (χ2v) is 6.56. The lowest BCUT2D eigenvalue weighted by molar-refractivity contribution is 0.482. The third-order valence-electron chi connectivity index (χ3n) is 4.49.